The average Bonchev–Trinajstić information content (AvgIpc) is 3.05. The zero-order valence-electron chi connectivity index (χ0n) is 15.0. The van der Waals surface area contributed by atoms with Crippen molar-refractivity contribution >= 4 is 27.9 Å². The molecule has 7 nitrogen and oxygen atoms in total. The van der Waals surface area contributed by atoms with E-state index in [2.05, 4.69) is 15.6 Å². The lowest BCUT2D eigenvalue weighted by molar-refractivity contribution is 0.0908. The molecule has 136 valence electrons. The molecule has 0 bridgehead atoms. The van der Waals surface area contributed by atoms with E-state index in [1.807, 2.05) is 44.2 Å². The fourth-order valence-electron chi connectivity index (χ4n) is 3.03. The smallest absolute Gasteiger partial charge is 0.287 e. The quantitative estimate of drug-likeness (QED) is 0.603. The molecule has 0 aliphatic rings. The van der Waals surface area contributed by atoms with Crippen molar-refractivity contribution in [2.45, 2.75) is 26.4 Å². The van der Waals surface area contributed by atoms with E-state index in [4.69, 9.17) is 4.42 Å². The van der Waals surface area contributed by atoms with Gasteiger partial charge in [0.15, 0.2) is 11.2 Å². The molecule has 2 aromatic heterocycles. The number of rotatable bonds is 4. The second-order valence-electron chi connectivity index (χ2n) is 6.61. The number of para-hydroxylation sites is 1. The van der Waals surface area contributed by atoms with Crippen LogP contribution in [-0.4, -0.2) is 26.9 Å². The maximum atomic E-state index is 12.5. The van der Waals surface area contributed by atoms with Crippen molar-refractivity contribution in [3.63, 3.8) is 0 Å². The first-order valence-electron chi connectivity index (χ1n) is 8.65. The number of nitrogens with zero attached hydrogens (tertiary/aromatic N) is 3. The Kier molecular flexibility index (Phi) is 4.19. The normalized spacial score (nSPS) is 12.4. The van der Waals surface area contributed by atoms with E-state index in [-0.39, 0.29) is 17.2 Å². The Hall–Kier alpha value is -3.48. The number of amides is 1. The number of aromatic nitrogens is 3. The molecule has 0 saturated carbocycles. The molecular formula is C20H18N4O3. The maximum Gasteiger partial charge on any atom is 0.287 e. The minimum absolute atomic E-state index is 0.00773. The molecule has 0 spiro atoms. The summed E-state index contributed by atoms with van der Waals surface area (Å²) in [5.74, 6) is -0.446. The van der Waals surface area contributed by atoms with Gasteiger partial charge >= 0.3 is 0 Å². The van der Waals surface area contributed by atoms with E-state index in [1.165, 1.54) is 6.07 Å². The number of nitrogens with one attached hydrogen (secondary N) is 1. The predicted octanol–water partition coefficient (Wildman–Crippen LogP) is 2.66. The van der Waals surface area contributed by atoms with Crippen molar-refractivity contribution in [1.82, 2.24) is 20.3 Å². The Morgan fingerprint density at radius 1 is 1.22 bits per heavy atom. The summed E-state index contributed by atoms with van der Waals surface area (Å²) in [5, 5.41) is 11.5. The maximum absolute atomic E-state index is 12.5. The number of carbonyl (C=O) groups excluding carboxylic acids is 1. The Balaban J connectivity index is 1.54. The summed E-state index contributed by atoms with van der Waals surface area (Å²) < 4.78 is 7.35. The number of aryl methyl sites for hydroxylation is 1. The number of carbonyl (C=O) groups is 1. The lowest BCUT2D eigenvalue weighted by atomic mass is 10.1. The molecule has 4 rings (SSSR count). The summed E-state index contributed by atoms with van der Waals surface area (Å²) in [6, 6.07) is 13.9. The Morgan fingerprint density at radius 2 is 2.04 bits per heavy atom. The Bertz CT molecular complexity index is 1210. The van der Waals surface area contributed by atoms with Gasteiger partial charge in [0.05, 0.1) is 17.4 Å². The second kappa shape index (κ2) is 6.68. The molecule has 0 aliphatic heterocycles. The molecule has 0 unspecified atom stereocenters. The van der Waals surface area contributed by atoms with Gasteiger partial charge in [-0.3, -0.25) is 9.59 Å². The SMILES string of the molecule is Cc1ccc2oc(C(=O)N[C@H](C)Cn3nnc4ccccc43)cc(=O)c2c1. The molecule has 4 aromatic rings. The molecule has 1 atom stereocenters. The molecule has 0 radical (unpaired) electrons. The topological polar surface area (TPSA) is 90.0 Å². The Morgan fingerprint density at radius 3 is 2.89 bits per heavy atom. The van der Waals surface area contributed by atoms with Crippen LogP contribution in [0.4, 0.5) is 0 Å². The fraction of sp³-hybridized carbons (Fsp3) is 0.200. The number of benzene rings is 2. The standard InChI is InChI=1S/C20H18N4O3/c1-12-7-8-18-14(9-12)17(25)10-19(27-18)20(26)21-13(2)11-24-16-6-4-3-5-15(16)22-23-24/h3-10,13H,11H2,1-2H3,(H,21,26)/t13-/m1/s1. The summed E-state index contributed by atoms with van der Waals surface area (Å²) in [6.45, 7) is 4.20. The first kappa shape index (κ1) is 17.0. The van der Waals surface area contributed by atoms with E-state index in [1.54, 1.807) is 16.8 Å². The molecule has 2 heterocycles. The zero-order valence-corrected chi connectivity index (χ0v) is 15.0. The van der Waals surface area contributed by atoms with Gasteiger partial charge in [-0.25, -0.2) is 4.68 Å². The first-order valence-corrected chi connectivity index (χ1v) is 8.65. The van der Waals surface area contributed by atoms with Crippen LogP contribution in [0.5, 0.6) is 0 Å². The van der Waals surface area contributed by atoms with E-state index in [0.29, 0.717) is 17.5 Å². The minimum atomic E-state index is -0.438. The van der Waals surface area contributed by atoms with Crippen LogP contribution in [0.15, 0.2) is 57.7 Å². The third kappa shape index (κ3) is 3.31. The number of hydrogen-bond acceptors (Lipinski definition) is 5. The lowest BCUT2D eigenvalue weighted by Gasteiger charge is -2.14. The van der Waals surface area contributed by atoms with E-state index in [0.717, 1.165) is 16.6 Å². The molecule has 2 aromatic carbocycles. The summed E-state index contributed by atoms with van der Waals surface area (Å²) >= 11 is 0. The van der Waals surface area contributed by atoms with Crippen LogP contribution in [0.1, 0.15) is 23.0 Å². The summed E-state index contributed by atoms with van der Waals surface area (Å²) in [4.78, 5) is 24.8. The van der Waals surface area contributed by atoms with Gasteiger partial charge in [-0.05, 0) is 38.1 Å². The third-order valence-corrected chi connectivity index (χ3v) is 4.35. The highest BCUT2D eigenvalue weighted by Gasteiger charge is 2.16. The third-order valence-electron chi connectivity index (χ3n) is 4.35. The van der Waals surface area contributed by atoms with Crippen LogP contribution in [0.3, 0.4) is 0 Å². The fourth-order valence-corrected chi connectivity index (χ4v) is 3.03. The van der Waals surface area contributed by atoms with Crippen LogP contribution < -0.4 is 10.7 Å². The lowest BCUT2D eigenvalue weighted by Crippen LogP contribution is -2.36. The monoisotopic (exact) mass is 362 g/mol. The van der Waals surface area contributed by atoms with Gasteiger partial charge in [-0.2, -0.15) is 0 Å². The van der Waals surface area contributed by atoms with Crippen molar-refractivity contribution in [2.75, 3.05) is 0 Å². The molecule has 7 heteroatoms. The van der Waals surface area contributed by atoms with Crippen molar-refractivity contribution < 1.29 is 9.21 Å². The second-order valence-corrected chi connectivity index (χ2v) is 6.61. The van der Waals surface area contributed by atoms with E-state index < -0.39 is 5.91 Å². The molecule has 1 amide bonds. The van der Waals surface area contributed by atoms with E-state index >= 15 is 0 Å². The van der Waals surface area contributed by atoms with Crippen LogP contribution in [0.25, 0.3) is 22.0 Å². The highest BCUT2D eigenvalue weighted by atomic mass is 16.3. The number of fused-ring (bicyclic) bond motifs is 2. The van der Waals surface area contributed by atoms with Gasteiger partial charge < -0.3 is 9.73 Å². The van der Waals surface area contributed by atoms with Crippen molar-refractivity contribution in [1.29, 1.82) is 0 Å². The van der Waals surface area contributed by atoms with Gasteiger partial charge in [0, 0.05) is 12.1 Å². The van der Waals surface area contributed by atoms with Crippen LogP contribution >= 0.6 is 0 Å². The average molecular weight is 362 g/mol. The highest BCUT2D eigenvalue weighted by Crippen LogP contribution is 2.14. The largest absolute Gasteiger partial charge is 0.451 e. The minimum Gasteiger partial charge on any atom is -0.451 e. The molecule has 0 aliphatic carbocycles. The van der Waals surface area contributed by atoms with Crippen LogP contribution in [-0.2, 0) is 6.54 Å². The highest BCUT2D eigenvalue weighted by molar-refractivity contribution is 5.93. The Labute approximate surface area is 154 Å². The zero-order chi connectivity index (χ0) is 19.0. The molecule has 0 fully saturated rings. The number of hydrogen-bond donors (Lipinski definition) is 1. The summed E-state index contributed by atoms with van der Waals surface area (Å²) in [6.07, 6.45) is 0. The van der Waals surface area contributed by atoms with E-state index in [9.17, 15) is 9.59 Å². The van der Waals surface area contributed by atoms with Gasteiger partial charge in [0.25, 0.3) is 5.91 Å². The van der Waals surface area contributed by atoms with Crippen molar-refractivity contribution in [3.8, 4) is 0 Å². The molecular weight excluding hydrogens is 344 g/mol. The predicted molar refractivity (Wildman–Crippen MR) is 102 cm³/mol. The van der Waals surface area contributed by atoms with Crippen LogP contribution in [0.2, 0.25) is 0 Å². The van der Waals surface area contributed by atoms with Gasteiger partial charge in [-0.15, -0.1) is 5.10 Å². The van der Waals surface area contributed by atoms with Crippen molar-refractivity contribution in [3.05, 3.63) is 70.1 Å². The first-order chi connectivity index (χ1) is 13.0. The van der Waals surface area contributed by atoms with Crippen LogP contribution in [0, 0.1) is 6.92 Å². The molecule has 1 N–H and O–H groups in total. The van der Waals surface area contributed by atoms with Gasteiger partial charge in [0.2, 0.25) is 0 Å². The molecule has 0 saturated heterocycles. The summed E-state index contributed by atoms with van der Waals surface area (Å²) in [7, 11) is 0. The summed E-state index contributed by atoms with van der Waals surface area (Å²) in [5.41, 5.74) is 2.81. The molecule has 27 heavy (non-hydrogen) atoms. The van der Waals surface area contributed by atoms with Gasteiger partial charge in [0.1, 0.15) is 11.1 Å². The van der Waals surface area contributed by atoms with Gasteiger partial charge in [-0.1, -0.05) is 29.0 Å². The van der Waals surface area contributed by atoms with Crippen molar-refractivity contribution in [2.24, 2.45) is 0 Å².